The summed E-state index contributed by atoms with van der Waals surface area (Å²) in [7, 11) is 0. The molecular weight excluding hydrogens is 354 g/mol. The molecule has 1 fully saturated rings. The van der Waals surface area contributed by atoms with Crippen molar-refractivity contribution in [2.75, 3.05) is 0 Å². The number of fused-ring (bicyclic) bond motifs is 1. The molecule has 28 heavy (non-hydrogen) atoms. The summed E-state index contributed by atoms with van der Waals surface area (Å²) in [6.45, 7) is 7.86. The second kappa shape index (κ2) is 8.67. The van der Waals surface area contributed by atoms with Gasteiger partial charge in [0.2, 0.25) is 5.91 Å². The van der Waals surface area contributed by atoms with Gasteiger partial charge in [-0.15, -0.1) is 0 Å². The SMILES string of the molecule is Cc1c([C@H](C)NC(=O)NC2CCCC(C(=O)NC(C)C)C2)oc2ccccc12. The maximum atomic E-state index is 12.5. The molecule has 2 unspecified atom stereocenters. The van der Waals surface area contributed by atoms with Crippen LogP contribution in [0.4, 0.5) is 4.79 Å². The van der Waals surface area contributed by atoms with E-state index >= 15 is 0 Å². The van der Waals surface area contributed by atoms with E-state index in [1.54, 1.807) is 0 Å². The molecule has 152 valence electrons. The van der Waals surface area contributed by atoms with Crippen LogP contribution in [-0.4, -0.2) is 24.0 Å². The molecule has 0 saturated heterocycles. The van der Waals surface area contributed by atoms with Crippen LogP contribution in [0.15, 0.2) is 28.7 Å². The molecule has 2 aromatic rings. The molecule has 3 atom stereocenters. The van der Waals surface area contributed by atoms with Crippen LogP contribution in [0, 0.1) is 12.8 Å². The van der Waals surface area contributed by atoms with E-state index < -0.39 is 0 Å². The molecule has 1 aromatic carbocycles. The first-order chi connectivity index (χ1) is 13.3. The minimum absolute atomic E-state index is 0.0145. The highest BCUT2D eigenvalue weighted by Crippen LogP contribution is 2.29. The molecule has 1 aliphatic carbocycles. The van der Waals surface area contributed by atoms with Gasteiger partial charge >= 0.3 is 6.03 Å². The Bertz CT molecular complexity index is 843. The molecule has 6 nitrogen and oxygen atoms in total. The van der Waals surface area contributed by atoms with E-state index in [0.717, 1.165) is 41.6 Å². The number of benzene rings is 1. The van der Waals surface area contributed by atoms with Crippen molar-refractivity contribution in [1.29, 1.82) is 0 Å². The highest BCUT2D eigenvalue weighted by molar-refractivity contribution is 5.82. The minimum atomic E-state index is -0.240. The van der Waals surface area contributed by atoms with Crippen LogP contribution in [0.3, 0.4) is 0 Å². The summed E-state index contributed by atoms with van der Waals surface area (Å²) in [5, 5.41) is 10.1. The molecule has 1 aromatic heterocycles. The van der Waals surface area contributed by atoms with Crippen molar-refractivity contribution >= 4 is 22.9 Å². The maximum absolute atomic E-state index is 12.5. The Hall–Kier alpha value is -2.50. The predicted octanol–water partition coefficient (Wildman–Crippen LogP) is 4.18. The average Bonchev–Trinajstić information content (AvgIpc) is 2.98. The molecule has 3 rings (SSSR count). The van der Waals surface area contributed by atoms with E-state index in [1.165, 1.54) is 0 Å². The average molecular weight is 386 g/mol. The fourth-order valence-corrected chi connectivity index (χ4v) is 4.06. The van der Waals surface area contributed by atoms with Crippen LogP contribution >= 0.6 is 0 Å². The number of urea groups is 1. The molecule has 3 amide bonds. The van der Waals surface area contributed by atoms with Crippen LogP contribution in [0.25, 0.3) is 11.0 Å². The molecule has 3 N–H and O–H groups in total. The molecular formula is C22H31N3O3. The molecule has 1 heterocycles. The minimum Gasteiger partial charge on any atom is -0.459 e. The number of aryl methyl sites for hydroxylation is 1. The Labute approximate surface area is 166 Å². The van der Waals surface area contributed by atoms with E-state index in [2.05, 4.69) is 16.0 Å². The summed E-state index contributed by atoms with van der Waals surface area (Å²) < 4.78 is 5.94. The number of amides is 3. The fourth-order valence-electron chi connectivity index (χ4n) is 4.06. The van der Waals surface area contributed by atoms with Crippen LogP contribution in [0.2, 0.25) is 0 Å². The summed E-state index contributed by atoms with van der Waals surface area (Å²) in [5.41, 5.74) is 1.88. The fraction of sp³-hybridized carbons (Fsp3) is 0.545. The van der Waals surface area contributed by atoms with Crippen molar-refractivity contribution < 1.29 is 14.0 Å². The Morgan fingerprint density at radius 3 is 2.57 bits per heavy atom. The molecule has 0 spiro atoms. The van der Waals surface area contributed by atoms with Crippen molar-refractivity contribution in [3.05, 3.63) is 35.6 Å². The summed E-state index contributed by atoms with van der Waals surface area (Å²) >= 11 is 0. The zero-order valence-corrected chi connectivity index (χ0v) is 17.2. The Kier molecular flexibility index (Phi) is 6.27. The lowest BCUT2D eigenvalue weighted by Gasteiger charge is -2.30. The van der Waals surface area contributed by atoms with Crippen LogP contribution in [-0.2, 0) is 4.79 Å². The van der Waals surface area contributed by atoms with Gasteiger partial charge in [-0.2, -0.15) is 0 Å². The van der Waals surface area contributed by atoms with Gasteiger partial charge in [0.1, 0.15) is 11.3 Å². The third-order valence-electron chi connectivity index (χ3n) is 5.43. The number of nitrogens with one attached hydrogen (secondary N) is 3. The summed E-state index contributed by atoms with van der Waals surface area (Å²) in [6.07, 6.45) is 3.41. The third kappa shape index (κ3) is 4.66. The molecule has 1 saturated carbocycles. The molecule has 0 aliphatic heterocycles. The lowest BCUT2D eigenvalue weighted by Crippen LogP contribution is -2.47. The lowest BCUT2D eigenvalue weighted by atomic mass is 9.85. The Morgan fingerprint density at radius 2 is 1.86 bits per heavy atom. The van der Waals surface area contributed by atoms with Crippen LogP contribution in [0.5, 0.6) is 0 Å². The number of carbonyl (C=O) groups is 2. The monoisotopic (exact) mass is 385 g/mol. The van der Waals surface area contributed by atoms with Gasteiger partial charge < -0.3 is 20.4 Å². The van der Waals surface area contributed by atoms with Gasteiger partial charge in [-0.3, -0.25) is 4.79 Å². The van der Waals surface area contributed by atoms with E-state index in [4.69, 9.17) is 4.42 Å². The van der Waals surface area contributed by atoms with Crippen molar-refractivity contribution in [2.45, 2.75) is 71.5 Å². The number of hydrogen-bond acceptors (Lipinski definition) is 3. The van der Waals surface area contributed by atoms with Crippen LogP contribution < -0.4 is 16.0 Å². The van der Waals surface area contributed by atoms with Crippen molar-refractivity contribution in [3.63, 3.8) is 0 Å². The van der Waals surface area contributed by atoms with Gasteiger partial charge in [0, 0.05) is 29.0 Å². The zero-order chi connectivity index (χ0) is 20.3. The number of carbonyl (C=O) groups excluding carboxylic acids is 2. The summed E-state index contributed by atoms with van der Waals surface area (Å²) in [4.78, 5) is 24.8. The van der Waals surface area contributed by atoms with Crippen molar-refractivity contribution in [1.82, 2.24) is 16.0 Å². The predicted molar refractivity (Wildman–Crippen MR) is 110 cm³/mol. The van der Waals surface area contributed by atoms with Gasteiger partial charge in [-0.25, -0.2) is 4.79 Å². The molecule has 6 heteroatoms. The first-order valence-corrected chi connectivity index (χ1v) is 10.2. The first kappa shape index (κ1) is 20.2. The van der Waals surface area contributed by atoms with E-state index in [0.29, 0.717) is 6.42 Å². The zero-order valence-electron chi connectivity index (χ0n) is 17.2. The number of furan rings is 1. The number of hydrogen-bond donors (Lipinski definition) is 3. The molecule has 0 bridgehead atoms. The second-order valence-corrected chi connectivity index (χ2v) is 8.15. The van der Waals surface area contributed by atoms with Gasteiger partial charge in [0.05, 0.1) is 6.04 Å². The standard InChI is InChI=1S/C22H31N3O3/c1-13(2)23-21(26)16-8-7-9-17(12-16)25-22(27)24-15(4)20-14(3)18-10-5-6-11-19(18)28-20/h5-6,10-11,13,15-17H,7-9,12H2,1-4H3,(H,23,26)(H2,24,25,27)/t15-,16?,17?/m0/s1. The Morgan fingerprint density at radius 1 is 1.11 bits per heavy atom. The summed E-state index contributed by atoms with van der Waals surface area (Å²) in [5.74, 6) is 0.832. The highest BCUT2D eigenvalue weighted by Gasteiger charge is 2.29. The highest BCUT2D eigenvalue weighted by atomic mass is 16.3. The Balaban J connectivity index is 1.57. The molecule has 0 radical (unpaired) electrons. The topological polar surface area (TPSA) is 83.4 Å². The number of para-hydroxylation sites is 1. The quantitative estimate of drug-likeness (QED) is 0.722. The summed E-state index contributed by atoms with van der Waals surface area (Å²) in [6, 6.07) is 7.57. The second-order valence-electron chi connectivity index (χ2n) is 8.15. The normalized spacial score (nSPS) is 20.8. The molecule has 1 aliphatic rings. The smallest absolute Gasteiger partial charge is 0.315 e. The van der Waals surface area contributed by atoms with Gasteiger partial charge in [0.25, 0.3) is 0 Å². The van der Waals surface area contributed by atoms with Crippen LogP contribution in [0.1, 0.15) is 63.8 Å². The van der Waals surface area contributed by atoms with E-state index in [1.807, 2.05) is 52.0 Å². The van der Waals surface area contributed by atoms with Crippen molar-refractivity contribution in [2.24, 2.45) is 5.92 Å². The van der Waals surface area contributed by atoms with E-state index in [-0.39, 0.29) is 36.0 Å². The maximum Gasteiger partial charge on any atom is 0.315 e. The van der Waals surface area contributed by atoms with Gasteiger partial charge in [-0.1, -0.05) is 24.6 Å². The first-order valence-electron chi connectivity index (χ1n) is 10.2. The largest absolute Gasteiger partial charge is 0.459 e. The lowest BCUT2D eigenvalue weighted by molar-refractivity contribution is -0.126. The van der Waals surface area contributed by atoms with Gasteiger partial charge in [-0.05, 0) is 53.0 Å². The van der Waals surface area contributed by atoms with E-state index in [9.17, 15) is 9.59 Å². The van der Waals surface area contributed by atoms with Crippen molar-refractivity contribution in [3.8, 4) is 0 Å². The third-order valence-corrected chi connectivity index (χ3v) is 5.43. The van der Waals surface area contributed by atoms with Gasteiger partial charge in [0.15, 0.2) is 0 Å². The number of rotatable bonds is 5.